The van der Waals surface area contributed by atoms with Gasteiger partial charge in [-0.25, -0.2) is 9.37 Å². The molecule has 12 heteroatoms. The standard InChI is InChI=1S/C26H23Cl2FN8O/c1-26(2,3)37-11-21(35-36-37)25(22-12-38-13-32-22)34-16-6-17-23(33-15-4-5-20(29)18(27)7-15)14(9-30)10-31-24(17)19(28)8-16/h4-8,10-13,25,34-36H,1-3H3,(H,31,33)/t25-/m1/s1. The first-order valence-corrected chi connectivity index (χ1v) is 12.3. The summed E-state index contributed by atoms with van der Waals surface area (Å²) < 4.78 is 19.0. The fourth-order valence-electron chi connectivity index (χ4n) is 3.96. The molecule has 0 saturated heterocycles. The van der Waals surface area contributed by atoms with Gasteiger partial charge >= 0.3 is 0 Å². The van der Waals surface area contributed by atoms with Crippen LogP contribution in [-0.4, -0.2) is 20.5 Å². The van der Waals surface area contributed by atoms with E-state index in [1.807, 2.05) is 17.3 Å². The van der Waals surface area contributed by atoms with Gasteiger partial charge in [0.05, 0.1) is 32.5 Å². The lowest BCUT2D eigenvalue weighted by Crippen LogP contribution is -2.47. The van der Waals surface area contributed by atoms with Crippen LogP contribution in [0.4, 0.5) is 21.5 Å². The molecule has 0 unspecified atom stereocenters. The Labute approximate surface area is 228 Å². The number of aromatic nitrogens is 2. The van der Waals surface area contributed by atoms with Gasteiger partial charge in [0.25, 0.3) is 0 Å². The summed E-state index contributed by atoms with van der Waals surface area (Å²) in [4.78, 5) is 8.74. The maximum Gasteiger partial charge on any atom is 0.180 e. The molecular formula is C26H23Cl2FN8O. The highest BCUT2D eigenvalue weighted by molar-refractivity contribution is 6.36. The van der Waals surface area contributed by atoms with Crippen molar-refractivity contribution in [1.82, 2.24) is 25.9 Å². The summed E-state index contributed by atoms with van der Waals surface area (Å²) in [5.41, 5.74) is 9.98. The van der Waals surface area contributed by atoms with Gasteiger partial charge in [0.1, 0.15) is 29.9 Å². The third-order valence-electron chi connectivity index (χ3n) is 5.92. The maximum atomic E-state index is 13.7. The number of nitrogens with one attached hydrogen (secondary N) is 4. The van der Waals surface area contributed by atoms with Crippen molar-refractivity contribution in [1.29, 1.82) is 5.26 Å². The second-order valence-electron chi connectivity index (χ2n) is 9.62. The minimum atomic E-state index is -0.542. The molecule has 4 N–H and O–H groups in total. The highest BCUT2D eigenvalue weighted by Gasteiger charge is 2.29. The summed E-state index contributed by atoms with van der Waals surface area (Å²) in [7, 11) is 0. The Morgan fingerprint density at radius 2 is 1.92 bits per heavy atom. The van der Waals surface area contributed by atoms with Crippen molar-refractivity contribution < 1.29 is 8.81 Å². The molecule has 0 radical (unpaired) electrons. The van der Waals surface area contributed by atoms with Crippen LogP contribution in [0, 0.1) is 17.1 Å². The number of hydrogen-bond donors (Lipinski definition) is 4. The fourth-order valence-corrected chi connectivity index (χ4v) is 4.41. The molecule has 1 aliphatic heterocycles. The number of halogens is 3. The summed E-state index contributed by atoms with van der Waals surface area (Å²) in [6.07, 6.45) is 6.31. The molecule has 0 fully saturated rings. The SMILES string of the molecule is CC(C)(C)N1C=C([C@@H](Nc2cc(Cl)c3ncc(C#N)c(Nc4ccc(F)c(Cl)c4)c3c2)c2cocn2)NN1. The third-order valence-corrected chi connectivity index (χ3v) is 6.49. The van der Waals surface area contributed by atoms with Gasteiger partial charge in [0.15, 0.2) is 6.39 Å². The van der Waals surface area contributed by atoms with E-state index in [2.05, 4.69) is 58.4 Å². The second-order valence-corrected chi connectivity index (χ2v) is 10.4. The Morgan fingerprint density at radius 3 is 2.58 bits per heavy atom. The first-order chi connectivity index (χ1) is 18.1. The average molecular weight is 553 g/mol. The second kappa shape index (κ2) is 10.0. The van der Waals surface area contributed by atoms with Crippen molar-refractivity contribution in [2.45, 2.75) is 32.4 Å². The molecule has 1 aliphatic rings. The number of anilines is 3. The Kier molecular flexibility index (Phi) is 6.75. The zero-order chi connectivity index (χ0) is 27.0. The van der Waals surface area contributed by atoms with E-state index >= 15 is 0 Å². The smallest absolute Gasteiger partial charge is 0.180 e. The molecule has 0 amide bonds. The molecule has 2 aromatic carbocycles. The van der Waals surface area contributed by atoms with Gasteiger partial charge in [0.2, 0.25) is 0 Å². The highest BCUT2D eigenvalue weighted by Crippen LogP contribution is 2.37. The molecule has 3 heterocycles. The number of benzene rings is 2. The normalized spacial score (nSPS) is 14.1. The molecule has 0 spiro atoms. The van der Waals surface area contributed by atoms with E-state index in [4.69, 9.17) is 27.6 Å². The molecule has 1 atom stereocenters. The van der Waals surface area contributed by atoms with Crippen LogP contribution in [0.1, 0.15) is 38.1 Å². The van der Waals surface area contributed by atoms with Gasteiger partial charge in [-0.15, -0.1) is 5.53 Å². The third kappa shape index (κ3) is 5.04. The van der Waals surface area contributed by atoms with E-state index in [1.165, 1.54) is 30.8 Å². The number of rotatable bonds is 6. The summed E-state index contributed by atoms with van der Waals surface area (Å²) >= 11 is 12.6. The Bertz CT molecular complexity index is 1580. The molecule has 38 heavy (non-hydrogen) atoms. The van der Waals surface area contributed by atoms with Crippen molar-refractivity contribution in [2.75, 3.05) is 10.6 Å². The van der Waals surface area contributed by atoms with Crippen LogP contribution in [0.15, 0.2) is 65.5 Å². The Hall–Kier alpha value is -4.04. The van der Waals surface area contributed by atoms with Crippen molar-refractivity contribution in [3.05, 3.63) is 88.2 Å². The number of hydrogen-bond acceptors (Lipinski definition) is 9. The molecular weight excluding hydrogens is 530 g/mol. The summed E-state index contributed by atoms with van der Waals surface area (Å²) in [5, 5.41) is 19.3. The zero-order valence-electron chi connectivity index (χ0n) is 20.6. The van der Waals surface area contributed by atoms with E-state index < -0.39 is 11.9 Å². The Morgan fingerprint density at radius 1 is 1.13 bits per heavy atom. The number of hydrazine groups is 2. The first-order valence-electron chi connectivity index (χ1n) is 11.6. The summed E-state index contributed by atoms with van der Waals surface area (Å²) in [6, 6.07) is 9.53. The number of pyridine rings is 1. The van der Waals surface area contributed by atoms with Crippen LogP contribution in [0.5, 0.6) is 0 Å². The topological polar surface area (TPSA) is 114 Å². The number of fused-ring (bicyclic) bond motifs is 1. The van der Waals surface area contributed by atoms with E-state index in [0.717, 1.165) is 5.70 Å². The van der Waals surface area contributed by atoms with Crippen molar-refractivity contribution in [3.63, 3.8) is 0 Å². The van der Waals surface area contributed by atoms with Crippen molar-refractivity contribution in [3.8, 4) is 6.07 Å². The predicted octanol–water partition coefficient (Wildman–Crippen LogP) is 6.40. The quantitative estimate of drug-likeness (QED) is 0.215. The van der Waals surface area contributed by atoms with E-state index in [0.29, 0.717) is 38.7 Å². The van der Waals surface area contributed by atoms with Crippen LogP contribution in [0.25, 0.3) is 10.9 Å². The summed E-state index contributed by atoms with van der Waals surface area (Å²) in [6.45, 7) is 6.22. The van der Waals surface area contributed by atoms with Crippen LogP contribution in [-0.2, 0) is 0 Å². The first kappa shape index (κ1) is 25.6. The monoisotopic (exact) mass is 552 g/mol. The minimum Gasteiger partial charge on any atom is -0.451 e. The number of oxazole rings is 1. The van der Waals surface area contributed by atoms with Crippen LogP contribution >= 0.6 is 23.2 Å². The lowest BCUT2D eigenvalue weighted by molar-refractivity contribution is 0.138. The maximum absolute atomic E-state index is 13.7. The molecule has 0 saturated carbocycles. The number of nitriles is 1. The number of nitrogens with zero attached hydrogens (tertiary/aromatic N) is 4. The zero-order valence-corrected chi connectivity index (χ0v) is 22.1. The van der Waals surface area contributed by atoms with Gasteiger partial charge in [-0.1, -0.05) is 23.2 Å². The lowest BCUT2D eigenvalue weighted by atomic mass is 10.1. The highest BCUT2D eigenvalue weighted by atomic mass is 35.5. The van der Waals surface area contributed by atoms with Gasteiger partial charge in [0, 0.05) is 34.7 Å². The van der Waals surface area contributed by atoms with Gasteiger partial charge in [-0.3, -0.25) is 9.99 Å². The molecule has 2 aromatic heterocycles. The van der Waals surface area contributed by atoms with Crippen LogP contribution in [0.3, 0.4) is 0 Å². The molecule has 0 bridgehead atoms. The predicted molar refractivity (Wildman–Crippen MR) is 145 cm³/mol. The van der Waals surface area contributed by atoms with Crippen LogP contribution in [0.2, 0.25) is 10.0 Å². The summed E-state index contributed by atoms with van der Waals surface area (Å²) in [5.74, 6) is -0.542. The van der Waals surface area contributed by atoms with E-state index in [9.17, 15) is 9.65 Å². The van der Waals surface area contributed by atoms with Gasteiger partial charge in [-0.2, -0.15) is 5.26 Å². The average Bonchev–Trinajstić information content (AvgIpc) is 3.58. The Balaban J connectivity index is 1.58. The van der Waals surface area contributed by atoms with E-state index in [-0.39, 0.29) is 16.1 Å². The van der Waals surface area contributed by atoms with Gasteiger partial charge in [-0.05, 0) is 51.1 Å². The molecule has 5 rings (SSSR count). The minimum absolute atomic E-state index is 0.0436. The van der Waals surface area contributed by atoms with E-state index in [1.54, 1.807) is 12.3 Å². The molecule has 9 nitrogen and oxygen atoms in total. The fraction of sp³-hybridized carbons (Fsp3) is 0.192. The molecule has 194 valence electrons. The van der Waals surface area contributed by atoms with Crippen LogP contribution < -0.4 is 21.6 Å². The molecule has 4 aromatic rings. The lowest BCUT2D eigenvalue weighted by Gasteiger charge is -2.30. The molecule has 0 aliphatic carbocycles. The van der Waals surface area contributed by atoms with Crippen molar-refractivity contribution in [2.24, 2.45) is 0 Å². The van der Waals surface area contributed by atoms with Gasteiger partial charge < -0.3 is 20.5 Å². The largest absolute Gasteiger partial charge is 0.451 e. The van der Waals surface area contributed by atoms with Crippen molar-refractivity contribution >= 4 is 51.2 Å².